The Morgan fingerprint density at radius 2 is 1.77 bits per heavy atom. The van der Waals surface area contributed by atoms with Crippen molar-refractivity contribution in [3.05, 3.63) is 41.3 Å². The lowest BCUT2D eigenvalue weighted by Crippen LogP contribution is -2.48. The topological polar surface area (TPSA) is 86.3 Å². The van der Waals surface area contributed by atoms with Crippen LogP contribution >= 0.6 is 0 Å². The fraction of sp³-hybridized carbons (Fsp3) is 0.583. The first-order chi connectivity index (χ1) is 16.5. The number of carbonyl (C=O) groups excluding carboxylic acids is 1. The minimum Gasteiger partial charge on any atom is -0.353 e. The van der Waals surface area contributed by atoms with E-state index in [4.69, 9.17) is 0 Å². The van der Waals surface area contributed by atoms with Gasteiger partial charge in [-0.1, -0.05) is 20.8 Å². The molecule has 0 atom stereocenters. The third kappa shape index (κ3) is 6.59. The summed E-state index contributed by atoms with van der Waals surface area (Å²) < 4.78 is 39.9. The number of nitrogens with one attached hydrogen (secondary N) is 2. The van der Waals surface area contributed by atoms with Crippen molar-refractivity contribution in [3.63, 3.8) is 0 Å². The van der Waals surface area contributed by atoms with E-state index in [0.717, 1.165) is 32.0 Å². The zero-order valence-corrected chi connectivity index (χ0v) is 20.3. The van der Waals surface area contributed by atoms with Gasteiger partial charge in [0.05, 0.1) is 11.3 Å². The van der Waals surface area contributed by atoms with E-state index in [0.29, 0.717) is 43.3 Å². The van der Waals surface area contributed by atoms with Crippen LogP contribution in [0.4, 0.5) is 24.9 Å². The fourth-order valence-electron chi connectivity index (χ4n) is 3.88. The van der Waals surface area contributed by atoms with Crippen molar-refractivity contribution >= 4 is 17.7 Å². The molecule has 1 saturated carbocycles. The Labute approximate surface area is 203 Å². The molecular formula is C24H32F3N7O. The highest BCUT2D eigenvalue weighted by molar-refractivity contribution is 5.99. The molecule has 1 aliphatic carbocycles. The number of rotatable bonds is 7. The zero-order valence-electron chi connectivity index (χ0n) is 20.3. The maximum absolute atomic E-state index is 13.3. The van der Waals surface area contributed by atoms with Crippen LogP contribution in [-0.2, 0) is 11.6 Å². The molecule has 11 heteroatoms. The maximum atomic E-state index is 13.3. The number of pyridine rings is 1. The van der Waals surface area contributed by atoms with Crippen LogP contribution in [0.2, 0.25) is 0 Å². The summed E-state index contributed by atoms with van der Waals surface area (Å²) in [6.45, 7) is 9.42. The molecule has 4 rings (SSSR count). The van der Waals surface area contributed by atoms with Gasteiger partial charge in [0.1, 0.15) is 11.5 Å². The Bertz CT molecular complexity index is 1010. The maximum Gasteiger partial charge on any atom is 0.433 e. The first kappa shape index (κ1) is 25.2. The van der Waals surface area contributed by atoms with Gasteiger partial charge in [0.2, 0.25) is 5.95 Å². The van der Waals surface area contributed by atoms with Gasteiger partial charge in [-0.15, -0.1) is 0 Å². The highest BCUT2D eigenvalue weighted by Crippen LogP contribution is 2.31. The SMILES string of the molecule is CC(C)(C)c1cc(C(F)(F)F)nc(NCCN2CCN(c3ncccc3C(=O)NC3CC3)CC2)n1. The fourth-order valence-corrected chi connectivity index (χ4v) is 3.88. The summed E-state index contributed by atoms with van der Waals surface area (Å²) in [6.07, 6.45) is -0.787. The number of alkyl halides is 3. The quantitative estimate of drug-likeness (QED) is 0.615. The molecule has 2 aromatic rings. The van der Waals surface area contributed by atoms with Crippen LogP contribution in [-0.4, -0.2) is 71.1 Å². The molecule has 2 N–H and O–H groups in total. The minimum atomic E-state index is -4.53. The molecule has 0 radical (unpaired) electrons. The van der Waals surface area contributed by atoms with Crippen LogP contribution in [0.3, 0.4) is 0 Å². The predicted molar refractivity (Wildman–Crippen MR) is 128 cm³/mol. The van der Waals surface area contributed by atoms with E-state index >= 15 is 0 Å². The van der Waals surface area contributed by atoms with Crippen LogP contribution in [0.15, 0.2) is 24.4 Å². The number of aromatic nitrogens is 3. The van der Waals surface area contributed by atoms with Crippen molar-refractivity contribution < 1.29 is 18.0 Å². The molecule has 0 bridgehead atoms. The van der Waals surface area contributed by atoms with E-state index in [-0.39, 0.29) is 17.9 Å². The Hall–Kier alpha value is -2.95. The molecule has 0 aromatic carbocycles. The lowest BCUT2D eigenvalue weighted by molar-refractivity contribution is -0.141. The molecular weight excluding hydrogens is 459 g/mol. The van der Waals surface area contributed by atoms with Crippen LogP contribution in [0.25, 0.3) is 0 Å². The molecule has 2 aliphatic rings. The van der Waals surface area contributed by atoms with Crippen LogP contribution in [0.1, 0.15) is 55.4 Å². The van der Waals surface area contributed by atoms with Crippen LogP contribution in [0.5, 0.6) is 0 Å². The van der Waals surface area contributed by atoms with E-state index < -0.39 is 17.3 Å². The van der Waals surface area contributed by atoms with Gasteiger partial charge in [-0.2, -0.15) is 13.2 Å². The molecule has 0 unspecified atom stereocenters. The zero-order chi connectivity index (χ0) is 25.2. The normalized spacial score (nSPS) is 17.4. The highest BCUT2D eigenvalue weighted by Gasteiger charge is 2.35. The van der Waals surface area contributed by atoms with Gasteiger partial charge in [-0.05, 0) is 31.0 Å². The molecule has 3 heterocycles. The van der Waals surface area contributed by atoms with Gasteiger partial charge in [0, 0.05) is 56.9 Å². The van der Waals surface area contributed by atoms with Gasteiger partial charge in [0.25, 0.3) is 5.91 Å². The second-order valence-corrected chi connectivity index (χ2v) is 10.1. The summed E-state index contributed by atoms with van der Waals surface area (Å²) in [4.78, 5) is 29.4. The second kappa shape index (κ2) is 9.96. The van der Waals surface area contributed by atoms with E-state index in [1.165, 1.54) is 0 Å². The lowest BCUT2D eigenvalue weighted by atomic mass is 9.91. The number of piperazine rings is 1. The van der Waals surface area contributed by atoms with E-state index in [1.54, 1.807) is 18.3 Å². The Kier molecular flexibility index (Phi) is 7.16. The van der Waals surface area contributed by atoms with Crippen molar-refractivity contribution in [1.82, 2.24) is 25.2 Å². The lowest BCUT2D eigenvalue weighted by Gasteiger charge is -2.36. The van der Waals surface area contributed by atoms with E-state index in [1.807, 2.05) is 20.8 Å². The van der Waals surface area contributed by atoms with Crippen molar-refractivity contribution in [2.75, 3.05) is 49.5 Å². The molecule has 1 saturated heterocycles. The smallest absolute Gasteiger partial charge is 0.353 e. The number of carbonyl (C=O) groups is 1. The molecule has 8 nitrogen and oxygen atoms in total. The highest BCUT2D eigenvalue weighted by atomic mass is 19.4. The summed E-state index contributed by atoms with van der Waals surface area (Å²) in [5.41, 5.74) is -0.542. The van der Waals surface area contributed by atoms with Crippen molar-refractivity contribution in [1.29, 1.82) is 0 Å². The number of amides is 1. The van der Waals surface area contributed by atoms with E-state index in [2.05, 4.69) is 35.4 Å². The molecule has 1 aliphatic heterocycles. The monoisotopic (exact) mass is 491 g/mol. The first-order valence-electron chi connectivity index (χ1n) is 11.9. The Balaban J connectivity index is 1.32. The standard InChI is InChI=1S/C24H32F3N7O/c1-23(2,3)18-15-19(24(25,26)27)32-22(31-18)29-9-10-33-11-13-34(14-12-33)20-17(5-4-8-28-20)21(35)30-16-6-7-16/h4-5,8,15-16H,6-7,9-14H2,1-3H3,(H,30,35)(H,29,31,32). The molecule has 2 fully saturated rings. The molecule has 1 amide bonds. The third-order valence-electron chi connectivity index (χ3n) is 6.11. The Morgan fingerprint density at radius 1 is 1.09 bits per heavy atom. The summed E-state index contributed by atoms with van der Waals surface area (Å²) in [6, 6.07) is 4.87. The van der Waals surface area contributed by atoms with Gasteiger partial charge in [-0.25, -0.2) is 15.0 Å². The van der Waals surface area contributed by atoms with Crippen molar-refractivity contribution in [2.24, 2.45) is 0 Å². The van der Waals surface area contributed by atoms with Crippen molar-refractivity contribution in [2.45, 2.75) is 51.2 Å². The number of halogens is 3. The van der Waals surface area contributed by atoms with Crippen LogP contribution in [0, 0.1) is 0 Å². The number of hydrogen-bond donors (Lipinski definition) is 2. The van der Waals surface area contributed by atoms with Gasteiger partial charge < -0.3 is 15.5 Å². The van der Waals surface area contributed by atoms with Crippen LogP contribution < -0.4 is 15.5 Å². The summed E-state index contributed by atoms with van der Waals surface area (Å²) in [5.74, 6) is 0.594. The van der Waals surface area contributed by atoms with E-state index in [9.17, 15) is 18.0 Å². The molecule has 35 heavy (non-hydrogen) atoms. The van der Waals surface area contributed by atoms with Gasteiger partial charge >= 0.3 is 6.18 Å². The number of nitrogens with zero attached hydrogens (tertiary/aromatic N) is 5. The summed E-state index contributed by atoms with van der Waals surface area (Å²) in [5, 5.41) is 5.99. The number of hydrogen-bond acceptors (Lipinski definition) is 7. The second-order valence-electron chi connectivity index (χ2n) is 10.1. The molecule has 0 spiro atoms. The van der Waals surface area contributed by atoms with Crippen molar-refractivity contribution in [3.8, 4) is 0 Å². The van der Waals surface area contributed by atoms with Gasteiger partial charge in [0.15, 0.2) is 0 Å². The third-order valence-corrected chi connectivity index (χ3v) is 6.11. The van der Waals surface area contributed by atoms with Gasteiger partial charge in [-0.3, -0.25) is 9.69 Å². The molecule has 190 valence electrons. The largest absolute Gasteiger partial charge is 0.433 e. The first-order valence-corrected chi connectivity index (χ1v) is 11.9. The average molecular weight is 492 g/mol. The predicted octanol–water partition coefficient (Wildman–Crippen LogP) is 3.31. The molecule has 2 aromatic heterocycles. The average Bonchev–Trinajstić information content (AvgIpc) is 3.62. The summed E-state index contributed by atoms with van der Waals surface area (Å²) in [7, 11) is 0. The minimum absolute atomic E-state index is 0.0109. The Morgan fingerprint density at radius 3 is 2.40 bits per heavy atom. The number of anilines is 2. The summed E-state index contributed by atoms with van der Waals surface area (Å²) >= 11 is 0.